The van der Waals surface area contributed by atoms with Crippen molar-refractivity contribution in [3.05, 3.63) is 20.5 Å². The third-order valence-electron chi connectivity index (χ3n) is 1.89. The molecule has 0 aromatic carbocycles. The zero-order valence-electron chi connectivity index (χ0n) is 9.87. The lowest BCUT2D eigenvalue weighted by Crippen LogP contribution is -2.28. The number of amides is 1. The quantitative estimate of drug-likeness (QED) is 0.389. The Morgan fingerprint density at radius 2 is 2.25 bits per heavy atom. The van der Waals surface area contributed by atoms with E-state index in [9.17, 15) is 23.3 Å². The molecule has 0 aliphatic carbocycles. The van der Waals surface area contributed by atoms with E-state index in [0.29, 0.717) is 11.3 Å². The Bertz CT molecular complexity index is 614. The van der Waals surface area contributed by atoms with Crippen LogP contribution in [0.25, 0.3) is 0 Å². The van der Waals surface area contributed by atoms with Gasteiger partial charge in [0.1, 0.15) is 10.8 Å². The third-order valence-corrected chi connectivity index (χ3v) is 5.16. The molecule has 0 unspecified atom stereocenters. The number of rotatable bonds is 8. The monoisotopic (exact) mass is 343 g/mol. The van der Waals surface area contributed by atoms with Crippen LogP contribution in [0.3, 0.4) is 0 Å². The second kappa shape index (κ2) is 6.95. The molecular formula is C8H10ClN3O6S2. The number of nitrogens with one attached hydrogen (secondary N) is 1. The van der Waals surface area contributed by atoms with Crippen molar-refractivity contribution in [1.82, 2.24) is 4.72 Å². The molecule has 0 spiro atoms. The van der Waals surface area contributed by atoms with E-state index >= 15 is 0 Å². The van der Waals surface area contributed by atoms with Crippen LogP contribution in [0.2, 0.25) is 4.34 Å². The number of ether oxygens (including phenoxy) is 1. The average molecular weight is 344 g/mol. The number of sulfonamides is 1. The molecule has 0 fully saturated rings. The Morgan fingerprint density at radius 3 is 2.75 bits per heavy atom. The van der Waals surface area contributed by atoms with E-state index in [-0.39, 0.29) is 28.3 Å². The number of hydrogen-bond donors (Lipinski definition) is 2. The smallest absolute Gasteiger partial charge is 0.300 e. The third kappa shape index (κ3) is 4.68. The molecule has 0 saturated carbocycles. The minimum absolute atomic E-state index is 0.0661. The Labute approximate surface area is 122 Å². The van der Waals surface area contributed by atoms with Crippen molar-refractivity contribution in [3.63, 3.8) is 0 Å². The summed E-state index contributed by atoms with van der Waals surface area (Å²) >= 11 is 6.15. The largest absolute Gasteiger partial charge is 0.370 e. The summed E-state index contributed by atoms with van der Waals surface area (Å²) in [6.45, 7) is -0.500. The maximum atomic E-state index is 11.8. The fraction of sp³-hybridized carbons (Fsp3) is 0.375. The van der Waals surface area contributed by atoms with Crippen molar-refractivity contribution in [2.24, 2.45) is 5.73 Å². The van der Waals surface area contributed by atoms with Crippen molar-refractivity contribution in [2.75, 3.05) is 19.8 Å². The highest BCUT2D eigenvalue weighted by molar-refractivity contribution is 7.91. The molecule has 0 atom stereocenters. The normalized spacial score (nSPS) is 11.4. The van der Waals surface area contributed by atoms with Crippen molar-refractivity contribution in [1.29, 1.82) is 0 Å². The van der Waals surface area contributed by atoms with Gasteiger partial charge in [0.05, 0.1) is 11.5 Å². The van der Waals surface area contributed by atoms with Gasteiger partial charge in [0.25, 0.3) is 5.69 Å². The maximum absolute atomic E-state index is 11.8. The Balaban J connectivity index is 2.63. The Kier molecular flexibility index (Phi) is 5.83. The highest BCUT2D eigenvalue weighted by atomic mass is 35.5. The zero-order valence-corrected chi connectivity index (χ0v) is 12.3. The van der Waals surface area contributed by atoms with Gasteiger partial charge in [0, 0.05) is 12.6 Å². The van der Waals surface area contributed by atoms with Gasteiger partial charge in [-0.15, -0.1) is 11.3 Å². The van der Waals surface area contributed by atoms with Gasteiger partial charge in [-0.1, -0.05) is 11.6 Å². The molecule has 112 valence electrons. The highest BCUT2D eigenvalue weighted by Crippen LogP contribution is 2.35. The Morgan fingerprint density at radius 1 is 1.60 bits per heavy atom. The van der Waals surface area contributed by atoms with Gasteiger partial charge in [-0.25, -0.2) is 13.1 Å². The fourth-order valence-corrected chi connectivity index (χ4v) is 3.81. The first-order chi connectivity index (χ1) is 9.24. The molecule has 20 heavy (non-hydrogen) atoms. The van der Waals surface area contributed by atoms with Gasteiger partial charge in [0.2, 0.25) is 15.9 Å². The van der Waals surface area contributed by atoms with Crippen LogP contribution in [-0.2, 0) is 19.6 Å². The van der Waals surface area contributed by atoms with Crippen LogP contribution in [-0.4, -0.2) is 39.0 Å². The van der Waals surface area contributed by atoms with Crippen molar-refractivity contribution < 1.29 is 22.9 Å². The number of nitrogens with two attached hydrogens (primary N) is 1. The second-order valence-corrected chi connectivity index (χ2v) is 7.05. The number of thiophene rings is 1. The summed E-state index contributed by atoms with van der Waals surface area (Å²) in [6, 6.07) is 0.875. The summed E-state index contributed by atoms with van der Waals surface area (Å²) in [7, 11) is -3.91. The molecule has 0 saturated heterocycles. The number of primary amides is 1. The van der Waals surface area contributed by atoms with Crippen molar-refractivity contribution in [2.45, 2.75) is 4.21 Å². The van der Waals surface area contributed by atoms with Crippen LogP contribution in [0.1, 0.15) is 0 Å². The molecule has 1 aromatic rings. The standard InChI is InChI=1S/C8H10ClN3O6S2/c9-8-5(12(14)15)3-7(19-8)20(16,17)11-1-2-18-4-6(10)13/h3,11H,1-2,4H2,(H2,10,13). The predicted molar refractivity (Wildman–Crippen MR) is 71.2 cm³/mol. The van der Waals surface area contributed by atoms with Crippen LogP contribution in [0.15, 0.2) is 10.3 Å². The molecule has 1 heterocycles. The van der Waals surface area contributed by atoms with Crippen LogP contribution in [0.4, 0.5) is 5.69 Å². The van der Waals surface area contributed by atoms with Gasteiger partial charge >= 0.3 is 0 Å². The maximum Gasteiger partial charge on any atom is 0.300 e. The first kappa shape index (κ1) is 16.8. The summed E-state index contributed by atoms with van der Waals surface area (Å²) < 4.78 is 30.0. The van der Waals surface area contributed by atoms with Gasteiger partial charge in [-0.3, -0.25) is 14.9 Å². The first-order valence-corrected chi connectivity index (χ1v) is 7.71. The van der Waals surface area contributed by atoms with E-state index in [2.05, 4.69) is 4.72 Å². The average Bonchev–Trinajstić information content (AvgIpc) is 2.71. The molecule has 0 aliphatic rings. The van der Waals surface area contributed by atoms with E-state index in [1.165, 1.54) is 0 Å². The summed E-state index contributed by atoms with van der Waals surface area (Å²) in [6.07, 6.45) is 0. The molecule has 0 aliphatic heterocycles. The molecule has 1 amide bonds. The van der Waals surface area contributed by atoms with Gasteiger partial charge in [-0.05, 0) is 0 Å². The fourth-order valence-electron chi connectivity index (χ4n) is 1.09. The first-order valence-electron chi connectivity index (χ1n) is 5.03. The summed E-state index contributed by atoms with van der Waals surface area (Å²) in [4.78, 5) is 20.2. The van der Waals surface area contributed by atoms with Crippen LogP contribution >= 0.6 is 22.9 Å². The van der Waals surface area contributed by atoms with Crippen molar-refractivity contribution >= 4 is 44.6 Å². The van der Waals surface area contributed by atoms with Crippen LogP contribution in [0, 0.1) is 10.1 Å². The second-order valence-electron chi connectivity index (χ2n) is 3.40. The van der Waals surface area contributed by atoms with E-state index < -0.39 is 26.5 Å². The van der Waals surface area contributed by atoms with E-state index in [0.717, 1.165) is 6.07 Å². The topological polar surface area (TPSA) is 142 Å². The molecule has 0 radical (unpaired) electrons. The SMILES string of the molecule is NC(=O)COCCNS(=O)(=O)c1cc([N+](=O)[O-])c(Cl)s1. The number of halogens is 1. The predicted octanol–water partition coefficient (Wildman–Crippen LogP) is 0.0899. The summed E-state index contributed by atoms with van der Waals surface area (Å²) in [5.74, 6) is -0.673. The molecule has 1 rings (SSSR count). The van der Waals surface area contributed by atoms with E-state index in [1.54, 1.807) is 0 Å². The zero-order chi connectivity index (χ0) is 15.3. The molecule has 3 N–H and O–H groups in total. The van der Waals surface area contributed by atoms with Gasteiger partial charge in [0.15, 0.2) is 4.34 Å². The Hall–Kier alpha value is -1.27. The van der Waals surface area contributed by atoms with Crippen molar-refractivity contribution in [3.8, 4) is 0 Å². The summed E-state index contributed by atoms with van der Waals surface area (Å²) in [5, 5.41) is 10.6. The number of nitrogens with zero attached hydrogens (tertiary/aromatic N) is 1. The number of nitro groups is 1. The number of carbonyl (C=O) groups excluding carboxylic acids is 1. The lowest BCUT2D eigenvalue weighted by atomic mass is 10.6. The summed E-state index contributed by atoms with van der Waals surface area (Å²) in [5.41, 5.74) is 4.35. The van der Waals surface area contributed by atoms with Gasteiger partial charge < -0.3 is 10.5 Å². The molecule has 0 bridgehead atoms. The van der Waals surface area contributed by atoms with Crippen LogP contribution < -0.4 is 10.5 Å². The minimum Gasteiger partial charge on any atom is -0.370 e. The molecule has 1 aromatic heterocycles. The number of carbonyl (C=O) groups is 1. The van der Waals surface area contributed by atoms with Gasteiger partial charge in [-0.2, -0.15) is 0 Å². The molecular weight excluding hydrogens is 334 g/mol. The lowest BCUT2D eigenvalue weighted by molar-refractivity contribution is -0.384. The highest BCUT2D eigenvalue weighted by Gasteiger charge is 2.24. The molecule has 12 heteroatoms. The van der Waals surface area contributed by atoms with E-state index in [4.69, 9.17) is 22.1 Å². The van der Waals surface area contributed by atoms with Crippen LogP contribution in [0.5, 0.6) is 0 Å². The minimum atomic E-state index is -3.91. The molecule has 9 nitrogen and oxygen atoms in total. The van der Waals surface area contributed by atoms with E-state index in [1.807, 2.05) is 0 Å². The number of hydrogen-bond acceptors (Lipinski definition) is 7. The lowest BCUT2D eigenvalue weighted by Gasteiger charge is -2.04.